The van der Waals surface area contributed by atoms with Crippen molar-refractivity contribution in [2.24, 2.45) is 11.7 Å². The van der Waals surface area contributed by atoms with Gasteiger partial charge in [0.1, 0.15) is 5.84 Å². The molecule has 6 nitrogen and oxygen atoms in total. The normalized spacial score (nSPS) is 22.8. The molecular weight excluding hydrogens is 244 g/mol. The molecule has 0 bridgehead atoms. The Morgan fingerprint density at radius 3 is 2.47 bits per heavy atom. The van der Waals surface area contributed by atoms with Crippen LogP contribution >= 0.6 is 0 Å². The summed E-state index contributed by atoms with van der Waals surface area (Å²) in [5.74, 6) is 0.393. The Bertz CT molecular complexity index is 323. The van der Waals surface area contributed by atoms with Crippen molar-refractivity contribution in [3.8, 4) is 0 Å². The van der Waals surface area contributed by atoms with Crippen molar-refractivity contribution < 1.29 is 9.53 Å². The molecule has 0 radical (unpaired) electrons. The van der Waals surface area contributed by atoms with Crippen LogP contribution < -0.4 is 11.1 Å². The van der Waals surface area contributed by atoms with E-state index < -0.39 is 0 Å². The Morgan fingerprint density at radius 2 is 1.89 bits per heavy atom. The van der Waals surface area contributed by atoms with Crippen LogP contribution in [0.4, 0.5) is 4.79 Å². The molecular formula is C13H24N4O2. The van der Waals surface area contributed by atoms with E-state index in [0.29, 0.717) is 32.2 Å². The molecule has 19 heavy (non-hydrogen) atoms. The number of nitrogens with zero attached hydrogens (tertiary/aromatic N) is 1. The highest BCUT2D eigenvalue weighted by Gasteiger charge is 2.29. The van der Waals surface area contributed by atoms with Crippen LogP contribution in [0.5, 0.6) is 0 Å². The molecule has 108 valence electrons. The number of carbonyl (C=O) groups excluding carboxylic acids is 1. The summed E-state index contributed by atoms with van der Waals surface area (Å²) in [5.41, 5.74) is 5.67. The molecule has 6 heteroatoms. The number of amides is 2. The average Bonchev–Trinajstić information content (AvgIpc) is 2.46. The van der Waals surface area contributed by atoms with Gasteiger partial charge in [0.05, 0.1) is 19.3 Å². The van der Waals surface area contributed by atoms with Gasteiger partial charge in [-0.2, -0.15) is 0 Å². The van der Waals surface area contributed by atoms with Gasteiger partial charge in [-0.3, -0.25) is 5.41 Å². The van der Waals surface area contributed by atoms with E-state index in [1.165, 1.54) is 19.3 Å². The Labute approximate surface area is 114 Å². The minimum Gasteiger partial charge on any atom is -0.386 e. The van der Waals surface area contributed by atoms with E-state index in [-0.39, 0.29) is 17.9 Å². The third kappa shape index (κ3) is 3.83. The summed E-state index contributed by atoms with van der Waals surface area (Å²) >= 11 is 0. The van der Waals surface area contributed by atoms with Crippen LogP contribution in [0.1, 0.15) is 32.1 Å². The monoisotopic (exact) mass is 268 g/mol. The number of ether oxygens (including phenoxy) is 1. The Balaban J connectivity index is 1.91. The number of morpholine rings is 1. The van der Waals surface area contributed by atoms with Crippen molar-refractivity contribution in [1.82, 2.24) is 10.2 Å². The van der Waals surface area contributed by atoms with Crippen LogP contribution in [0.25, 0.3) is 0 Å². The second-order valence-corrected chi connectivity index (χ2v) is 5.38. The van der Waals surface area contributed by atoms with Crippen molar-refractivity contribution in [3.63, 3.8) is 0 Å². The summed E-state index contributed by atoms with van der Waals surface area (Å²) in [6.07, 6.45) is 5.68. The van der Waals surface area contributed by atoms with E-state index in [9.17, 15) is 4.79 Å². The van der Waals surface area contributed by atoms with Crippen molar-refractivity contribution in [1.29, 1.82) is 5.41 Å². The molecule has 1 unspecified atom stereocenters. The van der Waals surface area contributed by atoms with Gasteiger partial charge in [-0.1, -0.05) is 19.3 Å². The van der Waals surface area contributed by atoms with E-state index in [2.05, 4.69) is 5.32 Å². The van der Waals surface area contributed by atoms with Gasteiger partial charge >= 0.3 is 6.03 Å². The van der Waals surface area contributed by atoms with Gasteiger partial charge in [0.15, 0.2) is 0 Å². The molecule has 1 saturated carbocycles. The molecule has 1 aliphatic carbocycles. The molecule has 1 atom stereocenters. The summed E-state index contributed by atoms with van der Waals surface area (Å²) in [7, 11) is 0. The lowest BCUT2D eigenvalue weighted by molar-refractivity contribution is 0.0523. The molecule has 0 aromatic heterocycles. The van der Waals surface area contributed by atoms with Gasteiger partial charge in [-0.05, 0) is 18.8 Å². The first-order valence-electron chi connectivity index (χ1n) is 7.15. The van der Waals surface area contributed by atoms with Crippen LogP contribution in [0.2, 0.25) is 0 Å². The number of nitrogens with one attached hydrogen (secondary N) is 2. The quantitative estimate of drug-likeness (QED) is 0.525. The van der Waals surface area contributed by atoms with Gasteiger partial charge in [-0.25, -0.2) is 4.79 Å². The van der Waals surface area contributed by atoms with E-state index in [1.807, 2.05) is 0 Å². The maximum Gasteiger partial charge on any atom is 0.318 e. The summed E-state index contributed by atoms with van der Waals surface area (Å²) in [6.45, 7) is 2.39. The highest BCUT2D eigenvalue weighted by Crippen LogP contribution is 2.26. The highest BCUT2D eigenvalue weighted by molar-refractivity contribution is 5.88. The van der Waals surface area contributed by atoms with Crippen LogP contribution in [-0.4, -0.2) is 49.1 Å². The maximum atomic E-state index is 12.2. The summed E-state index contributed by atoms with van der Waals surface area (Å²) < 4.78 is 5.23. The first kappa shape index (κ1) is 14.1. The fraction of sp³-hybridized carbons (Fsp3) is 0.846. The standard InChI is InChI=1S/C13H24N4O2/c14-12(15)11(10-4-2-1-3-5-10)16-13(18)17-6-8-19-9-7-17/h10-11H,1-9H2,(H3,14,15)(H,16,18). The summed E-state index contributed by atoms with van der Waals surface area (Å²) in [4.78, 5) is 13.9. The molecule has 4 N–H and O–H groups in total. The Morgan fingerprint density at radius 1 is 1.26 bits per heavy atom. The second kappa shape index (κ2) is 6.75. The average molecular weight is 268 g/mol. The maximum absolute atomic E-state index is 12.2. The largest absolute Gasteiger partial charge is 0.386 e. The molecule has 1 saturated heterocycles. The minimum absolute atomic E-state index is 0.0773. The van der Waals surface area contributed by atoms with Crippen molar-refractivity contribution in [2.45, 2.75) is 38.1 Å². The second-order valence-electron chi connectivity index (χ2n) is 5.38. The van der Waals surface area contributed by atoms with E-state index >= 15 is 0 Å². The zero-order valence-corrected chi connectivity index (χ0v) is 11.4. The van der Waals surface area contributed by atoms with E-state index in [4.69, 9.17) is 15.9 Å². The number of hydrogen-bond donors (Lipinski definition) is 3. The first-order chi connectivity index (χ1) is 9.18. The number of hydrogen-bond acceptors (Lipinski definition) is 3. The molecule has 0 aromatic rings. The molecule has 1 aliphatic heterocycles. The minimum atomic E-state index is -0.310. The Hall–Kier alpha value is -1.30. The van der Waals surface area contributed by atoms with Gasteiger partial charge in [-0.15, -0.1) is 0 Å². The number of carbonyl (C=O) groups is 1. The van der Waals surface area contributed by atoms with Gasteiger partial charge in [0.2, 0.25) is 0 Å². The van der Waals surface area contributed by atoms with Crippen molar-refractivity contribution >= 4 is 11.9 Å². The van der Waals surface area contributed by atoms with Crippen LogP contribution in [-0.2, 0) is 4.74 Å². The molecule has 2 amide bonds. The molecule has 2 rings (SSSR count). The van der Waals surface area contributed by atoms with Crippen LogP contribution in [0, 0.1) is 11.3 Å². The summed E-state index contributed by atoms with van der Waals surface area (Å²) in [5, 5.41) is 10.7. The summed E-state index contributed by atoms with van der Waals surface area (Å²) in [6, 6.07) is -0.426. The smallest absolute Gasteiger partial charge is 0.318 e. The zero-order valence-electron chi connectivity index (χ0n) is 11.4. The van der Waals surface area contributed by atoms with Crippen molar-refractivity contribution in [3.05, 3.63) is 0 Å². The van der Waals surface area contributed by atoms with Crippen LogP contribution in [0.3, 0.4) is 0 Å². The molecule has 2 aliphatic rings. The fourth-order valence-electron chi connectivity index (χ4n) is 2.91. The van der Waals surface area contributed by atoms with Gasteiger partial charge < -0.3 is 20.7 Å². The lowest BCUT2D eigenvalue weighted by Crippen LogP contribution is -2.55. The Kier molecular flexibility index (Phi) is 5.01. The predicted octanol–water partition coefficient (Wildman–Crippen LogP) is 0.913. The number of urea groups is 1. The van der Waals surface area contributed by atoms with E-state index in [1.54, 1.807) is 4.90 Å². The van der Waals surface area contributed by atoms with Crippen LogP contribution in [0.15, 0.2) is 0 Å². The molecule has 0 aromatic carbocycles. The number of rotatable bonds is 3. The third-order valence-corrected chi connectivity index (χ3v) is 4.03. The topological polar surface area (TPSA) is 91.4 Å². The van der Waals surface area contributed by atoms with Crippen molar-refractivity contribution in [2.75, 3.05) is 26.3 Å². The zero-order chi connectivity index (χ0) is 13.7. The molecule has 1 heterocycles. The first-order valence-corrected chi connectivity index (χ1v) is 7.15. The lowest BCUT2D eigenvalue weighted by Gasteiger charge is -2.33. The van der Waals surface area contributed by atoms with E-state index in [0.717, 1.165) is 12.8 Å². The predicted molar refractivity (Wildman–Crippen MR) is 73.2 cm³/mol. The fourth-order valence-corrected chi connectivity index (χ4v) is 2.91. The number of nitrogens with two attached hydrogens (primary N) is 1. The SMILES string of the molecule is N=C(N)C(NC(=O)N1CCOCC1)C1CCCCC1. The van der Waals surface area contributed by atoms with Gasteiger partial charge in [0, 0.05) is 13.1 Å². The highest BCUT2D eigenvalue weighted by atomic mass is 16.5. The third-order valence-electron chi connectivity index (χ3n) is 4.03. The lowest BCUT2D eigenvalue weighted by atomic mass is 9.83. The number of amidine groups is 1. The molecule has 2 fully saturated rings. The molecule has 0 spiro atoms. The van der Waals surface area contributed by atoms with Gasteiger partial charge in [0.25, 0.3) is 0 Å².